The Kier molecular flexibility index (Phi) is 5.98. The molecule has 30 heavy (non-hydrogen) atoms. The van der Waals surface area contributed by atoms with E-state index in [1.807, 2.05) is 6.07 Å². The number of hydrogen-bond acceptors (Lipinski definition) is 4. The Labute approximate surface area is 179 Å². The zero-order chi connectivity index (χ0) is 21.3. The second kappa shape index (κ2) is 8.66. The van der Waals surface area contributed by atoms with Gasteiger partial charge in [-0.25, -0.2) is 4.98 Å². The molecule has 0 saturated carbocycles. The van der Waals surface area contributed by atoms with Crippen LogP contribution >= 0.6 is 0 Å². The number of aryl methyl sites for hydroxylation is 3. The van der Waals surface area contributed by atoms with Crippen LogP contribution in [0.2, 0.25) is 0 Å². The van der Waals surface area contributed by atoms with Crippen LogP contribution < -0.4 is 10.1 Å². The summed E-state index contributed by atoms with van der Waals surface area (Å²) >= 11 is 0. The third-order valence-corrected chi connectivity index (χ3v) is 6.29. The van der Waals surface area contributed by atoms with Crippen LogP contribution in [0.25, 0.3) is 16.8 Å². The van der Waals surface area contributed by atoms with Crippen LogP contribution in [0.4, 0.5) is 5.82 Å². The minimum Gasteiger partial charge on any atom is -0.497 e. The summed E-state index contributed by atoms with van der Waals surface area (Å²) in [6.45, 7) is 8.76. The van der Waals surface area contributed by atoms with Gasteiger partial charge in [0.15, 0.2) is 5.65 Å². The number of benzene rings is 1. The van der Waals surface area contributed by atoms with Crippen LogP contribution in [0.5, 0.6) is 5.75 Å². The smallest absolute Gasteiger partial charge is 0.165 e. The molecule has 1 aromatic carbocycles. The fourth-order valence-electron chi connectivity index (χ4n) is 4.65. The Morgan fingerprint density at radius 1 is 1.20 bits per heavy atom. The SMILES string of the molecule is CCCCCC(C)Nc1c2c(nc3c(-c4ccc(OC)cc4C)c(C)nn13)CCC2. The van der Waals surface area contributed by atoms with E-state index < -0.39 is 0 Å². The molecule has 0 amide bonds. The highest BCUT2D eigenvalue weighted by Crippen LogP contribution is 2.36. The predicted octanol–water partition coefficient (Wildman–Crippen LogP) is 5.89. The Balaban J connectivity index is 1.81. The van der Waals surface area contributed by atoms with E-state index in [1.165, 1.54) is 54.5 Å². The molecule has 0 radical (unpaired) electrons. The van der Waals surface area contributed by atoms with Gasteiger partial charge in [-0.3, -0.25) is 0 Å². The maximum absolute atomic E-state index is 5.40. The van der Waals surface area contributed by atoms with Crippen LogP contribution in [-0.2, 0) is 12.8 Å². The van der Waals surface area contributed by atoms with E-state index in [9.17, 15) is 0 Å². The van der Waals surface area contributed by atoms with Crippen molar-refractivity contribution in [1.82, 2.24) is 14.6 Å². The summed E-state index contributed by atoms with van der Waals surface area (Å²) in [5, 5.41) is 8.77. The number of rotatable bonds is 8. The Hall–Kier alpha value is -2.56. The van der Waals surface area contributed by atoms with Gasteiger partial charge in [-0.1, -0.05) is 32.3 Å². The van der Waals surface area contributed by atoms with Crippen LogP contribution in [0.15, 0.2) is 18.2 Å². The fourth-order valence-corrected chi connectivity index (χ4v) is 4.65. The number of fused-ring (bicyclic) bond motifs is 2. The first kappa shape index (κ1) is 20.7. The first-order valence-corrected chi connectivity index (χ1v) is 11.4. The normalized spacial score (nSPS) is 14.2. The average Bonchev–Trinajstić information content (AvgIpc) is 3.32. The van der Waals surface area contributed by atoms with Gasteiger partial charge in [0, 0.05) is 22.9 Å². The van der Waals surface area contributed by atoms with Crippen molar-refractivity contribution in [2.75, 3.05) is 12.4 Å². The molecule has 1 aliphatic rings. The lowest BCUT2D eigenvalue weighted by molar-refractivity contribution is 0.414. The summed E-state index contributed by atoms with van der Waals surface area (Å²) in [6, 6.07) is 6.66. The molecular weight excluding hydrogens is 372 g/mol. The lowest BCUT2D eigenvalue weighted by Gasteiger charge is -2.19. The number of hydrogen-bond donors (Lipinski definition) is 1. The van der Waals surface area contributed by atoms with Gasteiger partial charge in [-0.2, -0.15) is 9.61 Å². The Morgan fingerprint density at radius 2 is 2.03 bits per heavy atom. The van der Waals surface area contributed by atoms with Crippen molar-refractivity contribution < 1.29 is 4.74 Å². The molecule has 1 unspecified atom stereocenters. The van der Waals surface area contributed by atoms with Crippen molar-refractivity contribution in [2.45, 2.75) is 78.7 Å². The highest BCUT2D eigenvalue weighted by molar-refractivity contribution is 5.83. The van der Waals surface area contributed by atoms with Gasteiger partial charge < -0.3 is 10.1 Å². The molecule has 5 nitrogen and oxygen atoms in total. The van der Waals surface area contributed by atoms with E-state index in [0.29, 0.717) is 6.04 Å². The first-order valence-electron chi connectivity index (χ1n) is 11.4. The number of unbranched alkanes of at least 4 members (excludes halogenated alkanes) is 2. The maximum atomic E-state index is 5.40. The molecule has 0 saturated heterocycles. The van der Waals surface area contributed by atoms with Crippen molar-refractivity contribution >= 4 is 11.5 Å². The van der Waals surface area contributed by atoms with Crippen LogP contribution in [0.1, 0.15) is 68.5 Å². The monoisotopic (exact) mass is 406 g/mol. The predicted molar refractivity (Wildman–Crippen MR) is 124 cm³/mol. The Bertz CT molecular complexity index is 1050. The lowest BCUT2D eigenvalue weighted by atomic mass is 10.0. The number of ether oxygens (including phenoxy) is 1. The number of methoxy groups -OCH3 is 1. The largest absolute Gasteiger partial charge is 0.497 e. The van der Waals surface area contributed by atoms with E-state index >= 15 is 0 Å². The number of anilines is 1. The van der Waals surface area contributed by atoms with Crippen molar-refractivity contribution in [2.24, 2.45) is 0 Å². The summed E-state index contributed by atoms with van der Waals surface area (Å²) in [5.74, 6) is 2.03. The highest BCUT2D eigenvalue weighted by atomic mass is 16.5. The fraction of sp³-hybridized carbons (Fsp3) is 0.520. The molecule has 2 heterocycles. The molecular formula is C25H34N4O. The summed E-state index contributed by atoms with van der Waals surface area (Å²) < 4.78 is 7.47. The Morgan fingerprint density at radius 3 is 2.77 bits per heavy atom. The lowest BCUT2D eigenvalue weighted by Crippen LogP contribution is -2.19. The molecule has 5 heteroatoms. The number of aromatic nitrogens is 3. The third kappa shape index (κ3) is 3.78. The highest BCUT2D eigenvalue weighted by Gasteiger charge is 2.25. The molecule has 3 aromatic rings. The topological polar surface area (TPSA) is 51.5 Å². The van der Waals surface area contributed by atoms with E-state index in [1.54, 1.807) is 7.11 Å². The van der Waals surface area contributed by atoms with Crippen molar-refractivity contribution in [3.05, 3.63) is 40.7 Å². The van der Waals surface area contributed by atoms with Gasteiger partial charge in [-0.05, 0) is 69.7 Å². The molecule has 160 valence electrons. The van der Waals surface area contributed by atoms with Crippen LogP contribution in [0.3, 0.4) is 0 Å². The summed E-state index contributed by atoms with van der Waals surface area (Å²) in [5.41, 5.74) is 8.05. The van der Waals surface area contributed by atoms with E-state index in [-0.39, 0.29) is 0 Å². The third-order valence-electron chi connectivity index (χ3n) is 6.29. The van der Waals surface area contributed by atoms with Gasteiger partial charge in [0.1, 0.15) is 11.6 Å². The molecule has 0 bridgehead atoms. The molecule has 1 N–H and O–H groups in total. The second-order valence-corrected chi connectivity index (χ2v) is 8.66. The van der Waals surface area contributed by atoms with Gasteiger partial charge in [0.2, 0.25) is 0 Å². The maximum Gasteiger partial charge on any atom is 0.165 e. The molecule has 4 rings (SSSR count). The average molecular weight is 407 g/mol. The van der Waals surface area contributed by atoms with E-state index in [4.69, 9.17) is 14.8 Å². The van der Waals surface area contributed by atoms with Crippen molar-refractivity contribution in [3.8, 4) is 16.9 Å². The van der Waals surface area contributed by atoms with Gasteiger partial charge in [-0.15, -0.1) is 0 Å². The molecule has 1 aliphatic carbocycles. The number of nitrogens with one attached hydrogen (secondary N) is 1. The van der Waals surface area contributed by atoms with Crippen molar-refractivity contribution in [1.29, 1.82) is 0 Å². The number of nitrogens with zero attached hydrogens (tertiary/aromatic N) is 3. The molecule has 0 spiro atoms. The van der Waals surface area contributed by atoms with Crippen molar-refractivity contribution in [3.63, 3.8) is 0 Å². The van der Waals surface area contributed by atoms with E-state index in [0.717, 1.165) is 41.3 Å². The summed E-state index contributed by atoms with van der Waals surface area (Å²) in [4.78, 5) is 5.11. The zero-order valence-electron chi connectivity index (χ0n) is 19.0. The van der Waals surface area contributed by atoms with Gasteiger partial charge >= 0.3 is 0 Å². The molecule has 1 atom stereocenters. The molecule has 2 aromatic heterocycles. The van der Waals surface area contributed by atoms with Crippen LogP contribution in [-0.4, -0.2) is 27.7 Å². The summed E-state index contributed by atoms with van der Waals surface area (Å²) in [7, 11) is 1.71. The first-order chi connectivity index (χ1) is 14.5. The second-order valence-electron chi connectivity index (χ2n) is 8.66. The minimum absolute atomic E-state index is 0.419. The van der Waals surface area contributed by atoms with E-state index in [2.05, 4.69) is 49.7 Å². The minimum atomic E-state index is 0.419. The van der Waals surface area contributed by atoms with Gasteiger partial charge in [0.25, 0.3) is 0 Å². The quantitative estimate of drug-likeness (QED) is 0.474. The zero-order valence-corrected chi connectivity index (χ0v) is 19.0. The standard InChI is InChI=1S/C25H34N4O/c1-6-7-8-10-17(3)26-24-21-11-9-12-22(21)27-25-23(18(4)28-29(24)25)20-14-13-19(30-5)15-16(20)2/h13-15,17,26H,6-12H2,1-5H3. The summed E-state index contributed by atoms with van der Waals surface area (Å²) in [6.07, 6.45) is 8.28. The van der Waals surface area contributed by atoms with Crippen LogP contribution in [0, 0.1) is 13.8 Å². The molecule has 0 fully saturated rings. The molecule has 0 aliphatic heterocycles. The van der Waals surface area contributed by atoms with Gasteiger partial charge in [0.05, 0.1) is 12.8 Å².